The second-order valence-electron chi connectivity index (χ2n) is 6.53. The SMILES string of the molecule is CCCc1noc(CSc2nnc(-c3ccc(Cl)cc3)n2Cc2ccccc2)n1. The van der Waals surface area contributed by atoms with Crippen molar-refractivity contribution >= 4 is 23.4 Å². The zero-order chi connectivity index (χ0) is 20.1. The highest BCUT2D eigenvalue weighted by Gasteiger charge is 2.16. The summed E-state index contributed by atoms with van der Waals surface area (Å²) in [4.78, 5) is 4.43. The third-order valence-corrected chi connectivity index (χ3v) is 5.51. The van der Waals surface area contributed by atoms with Gasteiger partial charge in [-0.05, 0) is 36.2 Å². The van der Waals surface area contributed by atoms with Gasteiger partial charge < -0.3 is 4.52 Å². The first-order valence-electron chi connectivity index (χ1n) is 9.40. The number of aryl methyl sites for hydroxylation is 1. The van der Waals surface area contributed by atoms with Gasteiger partial charge in [-0.2, -0.15) is 4.98 Å². The molecule has 0 saturated heterocycles. The van der Waals surface area contributed by atoms with Gasteiger partial charge in [-0.15, -0.1) is 10.2 Å². The lowest BCUT2D eigenvalue weighted by atomic mass is 10.2. The molecule has 0 saturated carbocycles. The molecule has 6 nitrogen and oxygen atoms in total. The molecule has 29 heavy (non-hydrogen) atoms. The molecule has 0 amide bonds. The zero-order valence-electron chi connectivity index (χ0n) is 16.0. The molecular weight excluding hydrogens is 406 g/mol. The molecule has 0 atom stereocenters. The summed E-state index contributed by atoms with van der Waals surface area (Å²) in [7, 11) is 0. The normalized spacial score (nSPS) is 11.1. The van der Waals surface area contributed by atoms with E-state index >= 15 is 0 Å². The van der Waals surface area contributed by atoms with Crippen LogP contribution in [-0.4, -0.2) is 24.9 Å². The summed E-state index contributed by atoms with van der Waals surface area (Å²) in [5.41, 5.74) is 2.14. The van der Waals surface area contributed by atoms with E-state index in [1.54, 1.807) is 0 Å². The lowest BCUT2D eigenvalue weighted by molar-refractivity contribution is 0.384. The van der Waals surface area contributed by atoms with E-state index in [1.165, 1.54) is 17.3 Å². The number of halogens is 1. The predicted octanol–water partition coefficient (Wildman–Crippen LogP) is 5.27. The molecule has 2 heterocycles. The predicted molar refractivity (Wildman–Crippen MR) is 114 cm³/mol. The Labute approximate surface area is 178 Å². The largest absolute Gasteiger partial charge is 0.338 e. The minimum absolute atomic E-state index is 0.546. The molecule has 0 N–H and O–H groups in total. The maximum Gasteiger partial charge on any atom is 0.237 e. The second kappa shape index (κ2) is 9.24. The summed E-state index contributed by atoms with van der Waals surface area (Å²) in [6.07, 6.45) is 1.81. The van der Waals surface area contributed by atoms with Crippen LogP contribution in [0.3, 0.4) is 0 Å². The van der Waals surface area contributed by atoms with E-state index < -0.39 is 0 Å². The highest BCUT2D eigenvalue weighted by atomic mass is 35.5. The maximum atomic E-state index is 6.05. The number of hydrogen-bond acceptors (Lipinski definition) is 6. The van der Waals surface area contributed by atoms with Crippen molar-refractivity contribution in [2.75, 3.05) is 0 Å². The Morgan fingerprint density at radius 2 is 1.83 bits per heavy atom. The van der Waals surface area contributed by atoms with Crippen molar-refractivity contribution in [1.29, 1.82) is 0 Å². The molecule has 8 heteroatoms. The summed E-state index contributed by atoms with van der Waals surface area (Å²) in [6, 6.07) is 17.9. The van der Waals surface area contributed by atoms with Crippen molar-refractivity contribution in [2.24, 2.45) is 0 Å². The molecule has 148 valence electrons. The molecule has 4 aromatic rings. The van der Waals surface area contributed by atoms with Crippen LogP contribution in [0.25, 0.3) is 11.4 Å². The summed E-state index contributed by atoms with van der Waals surface area (Å²) in [5, 5.41) is 14.4. The third kappa shape index (κ3) is 4.86. The van der Waals surface area contributed by atoms with Crippen LogP contribution in [0, 0.1) is 0 Å². The Morgan fingerprint density at radius 3 is 2.59 bits per heavy atom. The molecule has 0 bridgehead atoms. The van der Waals surface area contributed by atoms with Crippen molar-refractivity contribution in [3.8, 4) is 11.4 Å². The highest BCUT2D eigenvalue weighted by Crippen LogP contribution is 2.28. The Hall–Kier alpha value is -2.64. The molecule has 0 spiro atoms. The van der Waals surface area contributed by atoms with Gasteiger partial charge in [0, 0.05) is 17.0 Å². The van der Waals surface area contributed by atoms with Crippen molar-refractivity contribution in [3.63, 3.8) is 0 Å². The lowest BCUT2D eigenvalue weighted by Gasteiger charge is -2.10. The minimum atomic E-state index is 0.546. The van der Waals surface area contributed by atoms with Gasteiger partial charge in [0.05, 0.1) is 12.3 Å². The van der Waals surface area contributed by atoms with E-state index in [0.717, 1.165) is 35.2 Å². The topological polar surface area (TPSA) is 69.6 Å². The van der Waals surface area contributed by atoms with E-state index in [9.17, 15) is 0 Å². The van der Waals surface area contributed by atoms with Crippen LogP contribution in [0.5, 0.6) is 0 Å². The lowest BCUT2D eigenvalue weighted by Crippen LogP contribution is -2.04. The molecule has 2 aromatic carbocycles. The van der Waals surface area contributed by atoms with Crippen LogP contribution in [0.1, 0.15) is 30.6 Å². The summed E-state index contributed by atoms with van der Waals surface area (Å²) in [5.74, 6) is 2.69. The molecule has 0 aliphatic heterocycles. The van der Waals surface area contributed by atoms with Crippen LogP contribution in [0.4, 0.5) is 0 Å². The summed E-state index contributed by atoms with van der Waals surface area (Å²) < 4.78 is 7.45. The van der Waals surface area contributed by atoms with Crippen LogP contribution in [-0.2, 0) is 18.7 Å². The standard InChI is InChI=1S/C21H20ClN5OS/c1-2-6-18-23-19(28-26-18)14-29-21-25-24-20(16-9-11-17(22)12-10-16)27(21)13-15-7-4-3-5-8-15/h3-5,7-12H,2,6,13-14H2,1H3. The number of benzene rings is 2. The number of hydrogen-bond donors (Lipinski definition) is 0. The fourth-order valence-electron chi connectivity index (χ4n) is 2.92. The Bertz CT molecular complexity index is 1060. The van der Waals surface area contributed by atoms with Gasteiger partial charge in [-0.1, -0.05) is 65.8 Å². The van der Waals surface area contributed by atoms with E-state index in [-0.39, 0.29) is 0 Å². The van der Waals surface area contributed by atoms with Crippen molar-refractivity contribution in [2.45, 2.75) is 37.2 Å². The first-order chi connectivity index (χ1) is 14.2. The van der Waals surface area contributed by atoms with Gasteiger partial charge in [-0.25, -0.2) is 0 Å². The Kier molecular flexibility index (Phi) is 6.27. The fraction of sp³-hybridized carbons (Fsp3) is 0.238. The minimum Gasteiger partial charge on any atom is -0.338 e. The van der Waals surface area contributed by atoms with Crippen LogP contribution in [0.2, 0.25) is 5.02 Å². The summed E-state index contributed by atoms with van der Waals surface area (Å²) >= 11 is 7.58. The van der Waals surface area contributed by atoms with Gasteiger partial charge >= 0.3 is 0 Å². The maximum absolute atomic E-state index is 6.05. The van der Waals surface area contributed by atoms with Gasteiger partial charge in [0.2, 0.25) is 5.89 Å². The molecule has 2 aromatic heterocycles. The van der Waals surface area contributed by atoms with Crippen LogP contribution < -0.4 is 0 Å². The van der Waals surface area contributed by atoms with Gasteiger partial charge in [0.25, 0.3) is 0 Å². The molecule has 0 fully saturated rings. The number of thioether (sulfide) groups is 1. The van der Waals surface area contributed by atoms with Gasteiger partial charge in [-0.3, -0.25) is 4.57 Å². The quantitative estimate of drug-likeness (QED) is 0.358. The Balaban J connectivity index is 1.60. The second-order valence-corrected chi connectivity index (χ2v) is 7.91. The van der Waals surface area contributed by atoms with E-state index in [0.29, 0.717) is 23.2 Å². The molecule has 0 radical (unpaired) electrons. The van der Waals surface area contributed by atoms with Gasteiger partial charge in [0.1, 0.15) is 0 Å². The molecule has 0 unspecified atom stereocenters. The van der Waals surface area contributed by atoms with Crippen molar-refractivity contribution in [1.82, 2.24) is 24.9 Å². The van der Waals surface area contributed by atoms with Crippen LogP contribution in [0.15, 0.2) is 64.3 Å². The smallest absolute Gasteiger partial charge is 0.237 e. The first-order valence-corrected chi connectivity index (χ1v) is 10.8. The third-order valence-electron chi connectivity index (χ3n) is 4.31. The molecule has 0 aliphatic carbocycles. The average molecular weight is 426 g/mol. The monoisotopic (exact) mass is 425 g/mol. The summed E-state index contributed by atoms with van der Waals surface area (Å²) in [6.45, 7) is 2.76. The fourth-order valence-corrected chi connectivity index (χ4v) is 3.82. The Morgan fingerprint density at radius 1 is 1.03 bits per heavy atom. The van der Waals surface area contributed by atoms with Crippen molar-refractivity contribution in [3.05, 3.63) is 76.9 Å². The zero-order valence-corrected chi connectivity index (χ0v) is 17.5. The molecule has 0 aliphatic rings. The number of nitrogens with zero attached hydrogens (tertiary/aromatic N) is 5. The van der Waals surface area contributed by atoms with E-state index in [2.05, 4.69) is 44.0 Å². The average Bonchev–Trinajstić information content (AvgIpc) is 3.35. The number of aromatic nitrogens is 5. The molecule has 4 rings (SSSR count). The van der Waals surface area contributed by atoms with Crippen molar-refractivity contribution < 1.29 is 4.52 Å². The van der Waals surface area contributed by atoms with Crippen LogP contribution >= 0.6 is 23.4 Å². The van der Waals surface area contributed by atoms with Gasteiger partial charge in [0.15, 0.2) is 16.8 Å². The first kappa shape index (κ1) is 19.7. The van der Waals surface area contributed by atoms with E-state index in [1.807, 2.05) is 42.5 Å². The number of rotatable bonds is 8. The van der Waals surface area contributed by atoms with E-state index in [4.69, 9.17) is 16.1 Å². The molecular formula is C21H20ClN5OS. The highest BCUT2D eigenvalue weighted by molar-refractivity contribution is 7.98.